The summed E-state index contributed by atoms with van der Waals surface area (Å²) in [5.41, 5.74) is 2.21. The number of amides is 1. The average molecular weight is 369 g/mol. The Bertz CT molecular complexity index is 942. The number of benzene rings is 1. The van der Waals surface area contributed by atoms with Crippen molar-refractivity contribution in [3.63, 3.8) is 0 Å². The number of thiophene rings is 1. The van der Waals surface area contributed by atoms with E-state index in [4.69, 9.17) is 0 Å². The van der Waals surface area contributed by atoms with Crippen LogP contribution < -0.4 is 4.90 Å². The zero-order chi connectivity index (χ0) is 18.1. The smallest absolute Gasteiger partial charge is 0.263 e. The molecule has 2 aromatic heterocycles. The first-order valence-electron chi connectivity index (χ1n) is 8.77. The third-order valence-electron chi connectivity index (χ3n) is 4.75. The van der Waals surface area contributed by atoms with Crippen LogP contribution in [0.3, 0.4) is 0 Å². The largest absolute Gasteiger partial charge is 0.369 e. The van der Waals surface area contributed by atoms with Crippen molar-refractivity contribution in [2.24, 2.45) is 0 Å². The van der Waals surface area contributed by atoms with Gasteiger partial charge in [0.15, 0.2) is 0 Å². The Morgan fingerprint density at radius 1 is 1.15 bits per heavy atom. The lowest BCUT2D eigenvalue weighted by Gasteiger charge is -2.25. The Morgan fingerprint density at radius 3 is 2.85 bits per heavy atom. The number of para-hydroxylation sites is 1. The summed E-state index contributed by atoms with van der Waals surface area (Å²) in [6.07, 6.45) is 0.884. The maximum atomic E-state index is 14.2. The van der Waals surface area contributed by atoms with Gasteiger partial charge >= 0.3 is 0 Å². The number of carbonyl (C=O) groups excluding carboxylic acids is 1. The Hall–Kier alpha value is -2.47. The Balaban J connectivity index is 1.61. The fourth-order valence-corrected chi connectivity index (χ4v) is 4.19. The number of aryl methyl sites for hydroxylation is 1. The molecule has 0 atom stereocenters. The van der Waals surface area contributed by atoms with Gasteiger partial charge in [-0.1, -0.05) is 18.2 Å². The molecule has 4 nitrogen and oxygen atoms in total. The van der Waals surface area contributed by atoms with Crippen molar-refractivity contribution >= 4 is 33.8 Å². The van der Waals surface area contributed by atoms with Crippen LogP contribution in [0.4, 0.5) is 10.1 Å². The van der Waals surface area contributed by atoms with Crippen LogP contribution in [0.1, 0.15) is 21.8 Å². The van der Waals surface area contributed by atoms with Gasteiger partial charge in [-0.2, -0.15) is 0 Å². The lowest BCUT2D eigenvalue weighted by molar-refractivity contribution is 0.0772. The quantitative estimate of drug-likeness (QED) is 0.682. The number of pyridine rings is 1. The van der Waals surface area contributed by atoms with E-state index in [1.165, 1.54) is 17.4 Å². The minimum atomic E-state index is -0.295. The lowest BCUT2D eigenvalue weighted by atomic mass is 10.1. The molecule has 4 rings (SSSR count). The molecule has 0 spiro atoms. The summed E-state index contributed by atoms with van der Waals surface area (Å²) in [4.78, 5) is 21.9. The first-order chi connectivity index (χ1) is 12.6. The monoisotopic (exact) mass is 369 g/mol. The lowest BCUT2D eigenvalue weighted by Crippen LogP contribution is -2.34. The van der Waals surface area contributed by atoms with E-state index in [0.717, 1.165) is 47.7 Å². The summed E-state index contributed by atoms with van der Waals surface area (Å²) in [6.45, 7) is 4.85. The second-order valence-electron chi connectivity index (χ2n) is 6.53. The summed E-state index contributed by atoms with van der Waals surface area (Å²) in [6, 6.07) is 10.9. The molecule has 0 unspecified atom stereocenters. The molecule has 0 saturated carbocycles. The van der Waals surface area contributed by atoms with E-state index in [1.807, 2.05) is 41.5 Å². The molecule has 3 heterocycles. The first-order valence-corrected chi connectivity index (χ1v) is 9.65. The fourth-order valence-electron chi connectivity index (χ4n) is 3.50. The summed E-state index contributed by atoms with van der Waals surface area (Å²) in [5.74, 6) is -0.194. The number of anilines is 1. The minimum Gasteiger partial charge on any atom is -0.369 e. The highest BCUT2D eigenvalue weighted by molar-refractivity contribution is 7.12. The van der Waals surface area contributed by atoms with Gasteiger partial charge in [-0.15, -0.1) is 11.3 Å². The molecular formula is C20H20FN3OS. The molecule has 0 N–H and O–H groups in total. The Labute approximate surface area is 155 Å². The van der Waals surface area contributed by atoms with E-state index in [-0.39, 0.29) is 11.7 Å². The molecule has 1 amide bonds. The van der Waals surface area contributed by atoms with Crippen LogP contribution in [0.2, 0.25) is 0 Å². The van der Waals surface area contributed by atoms with Gasteiger partial charge in [0.05, 0.1) is 4.88 Å². The summed E-state index contributed by atoms with van der Waals surface area (Å²) < 4.78 is 14.2. The van der Waals surface area contributed by atoms with Gasteiger partial charge in [-0.25, -0.2) is 9.37 Å². The molecule has 3 aromatic rings. The van der Waals surface area contributed by atoms with Crippen LogP contribution in [-0.2, 0) is 0 Å². The maximum Gasteiger partial charge on any atom is 0.263 e. The zero-order valence-electron chi connectivity index (χ0n) is 14.6. The number of fused-ring (bicyclic) bond motifs is 1. The van der Waals surface area contributed by atoms with Crippen molar-refractivity contribution in [2.45, 2.75) is 13.3 Å². The number of halogens is 1. The van der Waals surface area contributed by atoms with Gasteiger partial charge in [0.25, 0.3) is 5.91 Å². The van der Waals surface area contributed by atoms with E-state index >= 15 is 0 Å². The van der Waals surface area contributed by atoms with Crippen molar-refractivity contribution in [2.75, 3.05) is 31.1 Å². The number of nitrogens with zero attached hydrogens (tertiary/aromatic N) is 3. The number of carbonyl (C=O) groups is 1. The van der Waals surface area contributed by atoms with Gasteiger partial charge in [-0.3, -0.25) is 4.79 Å². The average Bonchev–Trinajstić information content (AvgIpc) is 3.06. The molecule has 26 heavy (non-hydrogen) atoms. The van der Waals surface area contributed by atoms with Gasteiger partial charge in [0, 0.05) is 42.9 Å². The third kappa shape index (κ3) is 3.17. The highest BCUT2D eigenvalue weighted by Gasteiger charge is 2.22. The van der Waals surface area contributed by atoms with Crippen LogP contribution in [0, 0.1) is 12.7 Å². The zero-order valence-corrected chi connectivity index (χ0v) is 15.4. The normalized spacial score (nSPS) is 15.3. The molecule has 1 saturated heterocycles. The van der Waals surface area contributed by atoms with Crippen LogP contribution in [0.5, 0.6) is 0 Å². The van der Waals surface area contributed by atoms with Gasteiger partial charge in [-0.05, 0) is 36.9 Å². The summed E-state index contributed by atoms with van der Waals surface area (Å²) >= 11 is 1.48. The molecule has 0 radical (unpaired) electrons. The van der Waals surface area contributed by atoms with E-state index in [1.54, 1.807) is 6.07 Å². The molecule has 134 valence electrons. The molecule has 0 aliphatic carbocycles. The van der Waals surface area contributed by atoms with Crippen LogP contribution in [-0.4, -0.2) is 42.0 Å². The van der Waals surface area contributed by atoms with Gasteiger partial charge in [0.1, 0.15) is 11.3 Å². The fraction of sp³-hybridized carbons (Fsp3) is 0.300. The van der Waals surface area contributed by atoms with Gasteiger partial charge < -0.3 is 9.80 Å². The van der Waals surface area contributed by atoms with Crippen LogP contribution in [0.25, 0.3) is 10.9 Å². The number of rotatable bonds is 2. The number of hydrogen-bond acceptors (Lipinski definition) is 4. The van der Waals surface area contributed by atoms with Crippen molar-refractivity contribution in [1.82, 2.24) is 9.88 Å². The Morgan fingerprint density at radius 2 is 2.04 bits per heavy atom. The molecule has 1 aliphatic heterocycles. The molecule has 1 fully saturated rings. The van der Waals surface area contributed by atoms with Crippen LogP contribution >= 0.6 is 11.3 Å². The van der Waals surface area contributed by atoms with Crippen molar-refractivity contribution in [1.29, 1.82) is 0 Å². The van der Waals surface area contributed by atoms with Crippen molar-refractivity contribution < 1.29 is 9.18 Å². The Kier molecular flexibility index (Phi) is 4.59. The van der Waals surface area contributed by atoms with Crippen LogP contribution in [0.15, 0.2) is 41.8 Å². The summed E-state index contributed by atoms with van der Waals surface area (Å²) in [5, 5.41) is 2.76. The van der Waals surface area contributed by atoms with Crippen molar-refractivity contribution in [3.8, 4) is 0 Å². The second-order valence-corrected chi connectivity index (χ2v) is 7.48. The summed E-state index contributed by atoms with van der Waals surface area (Å²) in [7, 11) is 0. The molecule has 1 aromatic carbocycles. The van der Waals surface area contributed by atoms with E-state index < -0.39 is 0 Å². The molecular weight excluding hydrogens is 349 g/mol. The number of hydrogen-bond donors (Lipinski definition) is 0. The van der Waals surface area contributed by atoms with E-state index in [2.05, 4.69) is 9.88 Å². The van der Waals surface area contributed by atoms with E-state index in [0.29, 0.717) is 12.1 Å². The SMILES string of the molecule is Cc1cc(N2CCCN(C(=O)c3cccs3)CC2)c2cccc(F)c2n1. The highest BCUT2D eigenvalue weighted by atomic mass is 32.1. The van der Waals surface area contributed by atoms with E-state index in [9.17, 15) is 9.18 Å². The highest BCUT2D eigenvalue weighted by Crippen LogP contribution is 2.29. The second kappa shape index (κ2) is 7.03. The maximum absolute atomic E-state index is 14.2. The predicted molar refractivity (Wildman–Crippen MR) is 103 cm³/mol. The molecule has 0 bridgehead atoms. The number of aromatic nitrogens is 1. The molecule has 1 aliphatic rings. The topological polar surface area (TPSA) is 36.4 Å². The first kappa shape index (κ1) is 17.0. The minimum absolute atomic E-state index is 0.101. The van der Waals surface area contributed by atoms with Gasteiger partial charge in [0.2, 0.25) is 0 Å². The predicted octanol–water partition coefficient (Wildman–Crippen LogP) is 4.10. The molecule has 6 heteroatoms. The van der Waals surface area contributed by atoms with Crippen molar-refractivity contribution in [3.05, 3.63) is 58.2 Å². The standard InChI is InChI=1S/C20H20FN3OS/c1-14-13-17(15-5-2-6-16(21)19(15)22-14)23-8-4-9-24(11-10-23)20(25)18-7-3-12-26-18/h2-3,5-7,12-13H,4,8-11H2,1H3. The third-order valence-corrected chi connectivity index (χ3v) is 5.61.